The molecule has 18 heavy (non-hydrogen) atoms. The summed E-state index contributed by atoms with van der Waals surface area (Å²) in [5.41, 5.74) is 0. The molecule has 1 fully saturated rings. The van der Waals surface area contributed by atoms with Crippen LogP contribution < -0.4 is 0 Å². The number of ether oxygens (including phenoxy) is 1. The van der Waals surface area contributed by atoms with Crippen LogP contribution in [0.25, 0.3) is 0 Å². The van der Waals surface area contributed by atoms with Gasteiger partial charge in [-0.2, -0.15) is 11.8 Å². The fraction of sp³-hybridized carbons (Fsp3) is 0.923. The molecule has 0 amide bonds. The Labute approximate surface area is 115 Å². The maximum absolute atomic E-state index is 11.7. The van der Waals surface area contributed by atoms with Gasteiger partial charge in [-0.25, -0.2) is 0 Å². The summed E-state index contributed by atoms with van der Waals surface area (Å²) in [6, 6.07) is 0.352. The molecule has 0 aliphatic carbocycles. The Kier molecular flexibility index (Phi) is 7.70. The largest absolute Gasteiger partial charge is 0.466 e. The van der Waals surface area contributed by atoms with Crippen LogP contribution >= 0.6 is 11.8 Å². The van der Waals surface area contributed by atoms with Gasteiger partial charge in [0, 0.05) is 32.2 Å². The zero-order chi connectivity index (χ0) is 13.4. The molecule has 0 aromatic carbocycles. The lowest BCUT2D eigenvalue weighted by Crippen LogP contribution is -2.49. The first-order valence-corrected chi connectivity index (χ1v) is 8.14. The van der Waals surface area contributed by atoms with Crippen molar-refractivity contribution >= 4 is 17.7 Å². The van der Waals surface area contributed by atoms with E-state index in [9.17, 15) is 4.79 Å². The van der Waals surface area contributed by atoms with Crippen molar-refractivity contribution in [3.05, 3.63) is 0 Å². The van der Waals surface area contributed by atoms with Gasteiger partial charge in [0.15, 0.2) is 0 Å². The Hall–Kier alpha value is -0.260. The molecule has 0 aromatic heterocycles. The first kappa shape index (κ1) is 15.8. The van der Waals surface area contributed by atoms with Gasteiger partial charge in [-0.05, 0) is 32.4 Å². The van der Waals surface area contributed by atoms with Crippen LogP contribution in [0.15, 0.2) is 0 Å². The molecule has 1 heterocycles. The number of esters is 1. The molecule has 1 unspecified atom stereocenters. The second kappa shape index (κ2) is 8.77. The van der Waals surface area contributed by atoms with E-state index in [2.05, 4.69) is 23.1 Å². The van der Waals surface area contributed by atoms with Crippen molar-refractivity contribution in [3.8, 4) is 0 Å². The van der Waals surface area contributed by atoms with Crippen molar-refractivity contribution < 1.29 is 9.53 Å². The molecule has 0 bridgehead atoms. The maximum atomic E-state index is 11.7. The highest BCUT2D eigenvalue weighted by Crippen LogP contribution is 2.15. The number of likely N-dealkylation sites (N-methyl/N-ethyl adjacent to an activating group) is 1. The molecule has 0 saturated carbocycles. The summed E-state index contributed by atoms with van der Waals surface area (Å²) in [5, 5.41) is 0. The van der Waals surface area contributed by atoms with Crippen LogP contribution in [0, 0.1) is 0 Å². The monoisotopic (exact) mass is 274 g/mol. The molecule has 1 rings (SSSR count). The van der Waals surface area contributed by atoms with Gasteiger partial charge in [-0.15, -0.1) is 0 Å². The highest BCUT2D eigenvalue weighted by atomic mass is 32.2. The van der Waals surface area contributed by atoms with Crippen LogP contribution in [0.3, 0.4) is 0 Å². The minimum atomic E-state index is -0.0532. The molecule has 0 spiro atoms. The van der Waals surface area contributed by atoms with Crippen molar-refractivity contribution in [2.45, 2.75) is 25.8 Å². The lowest BCUT2D eigenvalue weighted by Gasteiger charge is -2.37. The maximum Gasteiger partial charge on any atom is 0.307 e. The van der Waals surface area contributed by atoms with Gasteiger partial charge in [-0.1, -0.05) is 0 Å². The van der Waals surface area contributed by atoms with Gasteiger partial charge in [0.2, 0.25) is 0 Å². The Balaban J connectivity index is 2.46. The topological polar surface area (TPSA) is 32.8 Å². The smallest absolute Gasteiger partial charge is 0.307 e. The van der Waals surface area contributed by atoms with Gasteiger partial charge >= 0.3 is 5.97 Å². The summed E-state index contributed by atoms with van der Waals surface area (Å²) < 4.78 is 5.08. The second-order valence-corrected chi connectivity index (χ2v) is 5.77. The molecular weight excluding hydrogens is 248 g/mol. The highest BCUT2D eigenvalue weighted by Gasteiger charge is 2.24. The van der Waals surface area contributed by atoms with E-state index in [1.165, 1.54) is 0 Å². The average Bonchev–Trinajstić information content (AvgIpc) is 2.36. The minimum absolute atomic E-state index is 0.0532. The van der Waals surface area contributed by atoms with Crippen LogP contribution in [0.2, 0.25) is 0 Å². The fourth-order valence-electron chi connectivity index (χ4n) is 2.27. The Morgan fingerprint density at radius 2 is 2.00 bits per heavy atom. The molecule has 106 valence electrons. The Morgan fingerprint density at radius 3 is 2.56 bits per heavy atom. The van der Waals surface area contributed by atoms with Crippen LogP contribution in [0.1, 0.15) is 19.8 Å². The van der Waals surface area contributed by atoms with E-state index in [1.54, 1.807) is 0 Å². The number of carbonyl (C=O) groups excluding carboxylic acids is 1. The molecular formula is C13H26N2O2S. The van der Waals surface area contributed by atoms with Crippen LogP contribution in [0.4, 0.5) is 0 Å². The average molecular weight is 274 g/mol. The summed E-state index contributed by atoms with van der Waals surface area (Å²) in [5.74, 6) is 1.05. The molecule has 1 aliphatic rings. The van der Waals surface area contributed by atoms with Gasteiger partial charge in [-0.3, -0.25) is 9.69 Å². The third kappa shape index (κ3) is 5.59. The zero-order valence-corrected chi connectivity index (χ0v) is 12.7. The molecule has 1 atom stereocenters. The molecule has 0 N–H and O–H groups in total. The van der Waals surface area contributed by atoms with Crippen LogP contribution in [-0.2, 0) is 9.53 Å². The standard InChI is InChI=1S/C13H26N2O2S/c1-4-17-13(16)11-12(5-10-18-3)15-8-6-14(2)7-9-15/h12H,4-11H2,1-3H3. The van der Waals surface area contributed by atoms with Gasteiger partial charge in [0.25, 0.3) is 0 Å². The number of carbonyl (C=O) groups is 1. The van der Waals surface area contributed by atoms with E-state index in [-0.39, 0.29) is 5.97 Å². The predicted molar refractivity (Wildman–Crippen MR) is 77.1 cm³/mol. The summed E-state index contributed by atoms with van der Waals surface area (Å²) >= 11 is 1.85. The second-order valence-electron chi connectivity index (χ2n) is 4.78. The predicted octanol–water partition coefficient (Wildman–Crippen LogP) is 1.31. The molecule has 0 radical (unpaired) electrons. The molecule has 1 saturated heterocycles. The highest BCUT2D eigenvalue weighted by molar-refractivity contribution is 7.98. The van der Waals surface area contributed by atoms with Gasteiger partial charge < -0.3 is 9.64 Å². The summed E-state index contributed by atoms with van der Waals surface area (Å²) in [7, 11) is 2.15. The first-order valence-electron chi connectivity index (χ1n) is 6.74. The number of piperazine rings is 1. The zero-order valence-electron chi connectivity index (χ0n) is 11.9. The van der Waals surface area contributed by atoms with Crippen molar-refractivity contribution in [1.82, 2.24) is 9.80 Å². The van der Waals surface area contributed by atoms with Gasteiger partial charge in [0.1, 0.15) is 0 Å². The number of rotatable bonds is 7. The number of thioether (sulfide) groups is 1. The normalized spacial score (nSPS) is 19.7. The van der Waals surface area contributed by atoms with Crippen molar-refractivity contribution in [2.24, 2.45) is 0 Å². The van der Waals surface area contributed by atoms with E-state index in [0.717, 1.165) is 38.4 Å². The SMILES string of the molecule is CCOC(=O)CC(CCSC)N1CCN(C)CC1. The van der Waals surface area contributed by atoms with Gasteiger partial charge in [0.05, 0.1) is 13.0 Å². The minimum Gasteiger partial charge on any atom is -0.466 e. The van der Waals surface area contributed by atoms with Crippen molar-refractivity contribution in [1.29, 1.82) is 0 Å². The van der Waals surface area contributed by atoms with Crippen molar-refractivity contribution in [3.63, 3.8) is 0 Å². The summed E-state index contributed by atoms with van der Waals surface area (Å²) in [6.45, 7) is 6.67. The van der Waals surface area contributed by atoms with E-state index in [4.69, 9.17) is 4.74 Å². The first-order chi connectivity index (χ1) is 8.67. The van der Waals surface area contributed by atoms with E-state index in [1.807, 2.05) is 18.7 Å². The molecule has 4 nitrogen and oxygen atoms in total. The third-order valence-electron chi connectivity index (χ3n) is 3.42. The lowest BCUT2D eigenvalue weighted by atomic mass is 10.1. The van der Waals surface area contributed by atoms with Crippen LogP contribution in [0.5, 0.6) is 0 Å². The van der Waals surface area contributed by atoms with Crippen molar-refractivity contribution in [2.75, 3.05) is 51.8 Å². The lowest BCUT2D eigenvalue weighted by molar-refractivity contribution is -0.144. The molecule has 0 aromatic rings. The number of hydrogen-bond donors (Lipinski definition) is 0. The number of hydrogen-bond acceptors (Lipinski definition) is 5. The molecule has 1 aliphatic heterocycles. The summed E-state index contributed by atoms with van der Waals surface area (Å²) in [6.07, 6.45) is 3.73. The Bertz CT molecular complexity index is 243. The fourth-order valence-corrected chi connectivity index (χ4v) is 2.77. The number of nitrogens with zero attached hydrogens (tertiary/aromatic N) is 2. The summed E-state index contributed by atoms with van der Waals surface area (Å²) in [4.78, 5) is 16.4. The van der Waals surface area contributed by atoms with Crippen LogP contribution in [-0.4, -0.2) is 73.7 Å². The molecule has 5 heteroatoms. The Morgan fingerprint density at radius 1 is 1.33 bits per heavy atom. The quantitative estimate of drug-likeness (QED) is 0.654. The van der Waals surface area contributed by atoms with E-state index < -0.39 is 0 Å². The third-order valence-corrected chi connectivity index (χ3v) is 4.06. The van der Waals surface area contributed by atoms with E-state index in [0.29, 0.717) is 19.1 Å². The van der Waals surface area contributed by atoms with E-state index >= 15 is 0 Å².